The Kier molecular flexibility index (Phi) is 4.05. The maximum atomic E-state index is 13.7. The summed E-state index contributed by atoms with van der Waals surface area (Å²) in [6, 6.07) is 5.76. The molecule has 2 nitrogen and oxygen atoms in total. The number of rotatable bonds is 2. The minimum atomic E-state index is -0.120. The van der Waals surface area contributed by atoms with Crippen LogP contribution in [0, 0.1) is 5.82 Å². The Morgan fingerprint density at radius 3 is 2.82 bits per heavy atom. The number of anilines is 1. The molecule has 17 heavy (non-hydrogen) atoms. The second kappa shape index (κ2) is 5.36. The Morgan fingerprint density at radius 2 is 2.18 bits per heavy atom. The van der Waals surface area contributed by atoms with Crippen LogP contribution in [0.2, 0.25) is 0 Å². The molecule has 0 bridgehead atoms. The third kappa shape index (κ3) is 2.63. The van der Waals surface area contributed by atoms with Crippen LogP contribution in [0.5, 0.6) is 0 Å². The molecule has 1 aliphatic heterocycles. The van der Waals surface area contributed by atoms with E-state index in [1.165, 1.54) is 6.07 Å². The summed E-state index contributed by atoms with van der Waals surface area (Å²) in [6.07, 6.45) is 0. The second-order valence-corrected chi connectivity index (χ2v) is 5.24. The standard InChI is InChI=1S/C13H18BrFN2/c1-10-9-16(2)6-7-17(10)13-5-3-4-12(15)11(13)8-14/h3-5,10H,6-9H2,1-2H3. The monoisotopic (exact) mass is 300 g/mol. The zero-order valence-corrected chi connectivity index (χ0v) is 11.9. The van der Waals surface area contributed by atoms with Crippen LogP contribution >= 0.6 is 15.9 Å². The van der Waals surface area contributed by atoms with Crippen LogP contribution in [0.25, 0.3) is 0 Å². The predicted octanol–water partition coefficient (Wildman–Crippen LogP) is 2.86. The van der Waals surface area contributed by atoms with Crippen LogP contribution in [0.4, 0.5) is 10.1 Å². The van der Waals surface area contributed by atoms with Gasteiger partial charge in [0.05, 0.1) is 0 Å². The lowest BCUT2D eigenvalue weighted by Crippen LogP contribution is -2.50. The molecular formula is C13H18BrFN2. The summed E-state index contributed by atoms with van der Waals surface area (Å²) in [6.45, 7) is 5.21. The van der Waals surface area contributed by atoms with Gasteiger partial charge in [-0.15, -0.1) is 0 Å². The molecule has 0 radical (unpaired) electrons. The van der Waals surface area contributed by atoms with Gasteiger partial charge in [-0.2, -0.15) is 0 Å². The SMILES string of the molecule is CC1CN(C)CCN1c1cccc(F)c1CBr. The van der Waals surface area contributed by atoms with Crippen LogP contribution in [0.15, 0.2) is 18.2 Å². The molecule has 94 valence electrons. The first-order valence-electron chi connectivity index (χ1n) is 5.92. The largest absolute Gasteiger partial charge is 0.366 e. The Morgan fingerprint density at radius 1 is 1.41 bits per heavy atom. The minimum absolute atomic E-state index is 0.120. The lowest BCUT2D eigenvalue weighted by Gasteiger charge is -2.40. The highest BCUT2D eigenvalue weighted by molar-refractivity contribution is 9.08. The second-order valence-electron chi connectivity index (χ2n) is 4.68. The highest BCUT2D eigenvalue weighted by Crippen LogP contribution is 2.28. The quantitative estimate of drug-likeness (QED) is 0.775. The average Bonchev–Trinajstić information content (AvgIpc) is 2.29. The van der Waals surface area contributed by atoms with Crippen LogP contribution in [0.1, 0.15) is 12.5 Å². The molecule has 0 aromatic heterocycles. The Balaban J connectivity index is 2.30. The molecule has 1 aromatic rings. The third-order valence-electron chi connectivity index (χ3n) is 3.37. The summed E-state index contributed by atoms with van der Waals surface area (Å²) >= 11 is 3.38. The molecule has 1 heterocycles. The number of likely N-dealkylation sites (N-methyl/N-ethyl adjacent to an activating group) is 1. The lowest BCUT2D eigenvalue weighted by molar-refractivity contribution is 0.275. The summed E-state index contributed by atoms with van der Waals surface area (Å²) in [5, 5.41) is 0.564. The van der Waals surface area contributed by atoms with Crippen LogP contribution < -0.4 is 4.90 Å². The lowest BCUT2D eigenvalue weighted by atomic mass is 10.1. The summed E-state index contributed by atoms with van der Waals surface area (Å²) in [5.41, 5.74) is 1.80. The van der Waals surface area contributed by atoms with Gasteiger partial charge in [-0.1, -0.05) is 22.0 Å². The number of halogens is 2. The van der Waals surface area contributed by atoms with E-state index in [0.717, 1.165) is 30.9 Å². The van der Waals surface area contributed by atoms with E-state index in [1.54, 1.807) is 6.07 Å². The molecule has 1 aromatic carbocycles. The van der Waals surface area contributed by atoms with Crippen molar-refractivity contribution in [2.75, 3.05) is 31.6 Å². The Labute approximate surface area is 111 Å². The van der Waals surface area contributed by atoms with Crippen molar-refractivity contribution in [1.82, 2.24) is 4.90 Å². The van der Waals surface area contributed by atoms with E-state index in [2.05, 4.69) is 39.7 Å². The van der Waals surface area contributed by atoms with Crippen LogP contribution in [0.3, 0.4) is 0 Å². The van der Waals surface area contributed by atoms with E-state index in [0.29, 0.717) is 11.4 Å². The van der Waals surface area contributed by atoms with Crippen molar-refractivity contribution in [3.63, 3.8) is 0 Å². The molecule has 1 saturated heterocycles. The molecule has 0 aliphatic carbocycles. The van der Waals surface area contributed by atoms with E-state index in [1.807, 2.05) is 6.07 Å². The fraction of sp³-hybridized carbons (Fsp3) is 0.538. The molecule has 1 fully saturated rings. The number of benzene rings is 1. The van der Waals surface area contributed by atoms with Crippen molar-refractivity contribution in [2.24, 2.45) is 0 Å². The summed E-state index contributed by atoms with van der Waals surface area (Å²) in [5.74, 6) is -0.120. The van der Waals surface area contributed by atoms with Gasteiger partial charge in [0, 0.05) is 42.3 Å². The molecule has 1 unspecified atom stereocenters. The molecule has 0 spiro atoms. The number of piperazine rings is 1. The van der Waals surface area contributed by atoms with Gasteiger partial charge in [-0.3, -0.25) is 0 Å². The van der Waals surface area contributed by atoms with E-state index in [4.69, 9.17) is 0 Å². The normalized spacial score (nSPS) is 21.9. The number of hydrogen-bond donors (Lipinski definition) is 0. The molecule has 4 heteroatoms. The van der Waals surface area contributed by atoms with Gasteiger partial charge in [-0.05, 0) is 26.1 Å². The molecule has 0 saturated carbocycles. The van der Waals surface area contributed by atoms with Crippen molar-refractivity contribution in [3.8, 4) is 0 Å². The van der Waals surface area contributed by atoms with Crippen LogP contribution in [-0.2, 0) is 5.33 Å². The summed E-state index contributed by atoms with van der Waals surface area (Å²) in [4.78, 5) is 4.62. The van der Waals surface area contributed by atoms with Gasteiger partial charge in [0.1, 0.15) is 5.82 Å². The van der Waals surface area contributed by atoms with Crippen molar-refractivity contribution < 1.29 is 4.39 Å². The Hall–Kier alpha value is -0.610. The average molecular weight is 301 g/mol. The molecule has 1 aliphatic rings. The number of nitrogens with zero attached hydrogens (tertiary/aromatic N) is 2. The van der Waals surface area contributed by atoms with Gasteiger partial charge in [0.2, 0.25) is 0 Å². The summed E-state index contributed by atoms with van der Waals surface area (Å²) < 4.78 is 13.7. The molecule has 0 N–H and O–H groups in total. The third-order valence-corrected chi connectivity index (χ3v) is 3.93. The van der Waals surface area contributed by atoms with E-state index < -0.39 is 0 Å². The smallest absolute Gasteiger partial charge is 0.129 e. The highest BCUT2D eigenvalue weighted by Gasteiger charge is 2.24. The Bertz CT molecular complexity index is 397. The predicted molar refractivity (Wildman–Crippen MR) is 73.3 cm³/mol. The molecule has 0 amide bonds. The van der Waals surface area contributed by atoms with Gasteiger partial charge in [0.25, 0.3) is 0 Å². The van der Waals surface area contributed by atoms with E-state index in [9.17, 15) is 4.39 Å². The van der Waals surface area contributed by atoms with Crippen molar-refractivity contribution in [1.29, 1.82) is 0 Å². The van der Waals surface area contributed by atoms with E-state index >= 15 is 0 Å². The first kappa shape index (κ1) is 12.8. The minimum Gasteiger partial charge on any atom is -0.366 e. The first-order valence-corrected chi connectivity index (χ1v) is 7.04. The molecule has 1 atom stereocenters. The van der Waals surface area contributed by atoms with Crippen molar-refractivity contribution in [2.45, 2.75) is 18.3 Å². The first-order chi connectivity index (χ1) is 8.13. The van der Waals surface area contributed by atoms with Gasteiger partial charge >= 0.3 is 0 Å². The number of alkyl halides is 1. The topological polar surface area (TPSA) is 6.48 Å². The molecule has 2 rings (SSSR count). The highest BCUT2D eigenvalue weighted by atomic mass is 79.9. The zero-order valence-electron chi connectivity index (χ0n) is 10.3. The van der Waals surface area contributed by atoms with Crippen molar-refractivity contribution in [3.05, 3.63) is 29.6 Å². The van der Waals surface area contributed by atoms with Gasteiger partial charge in [0.15, 0.2) is 0 Å². The van der Waals surface area contributed by atoms with Crippen molar-refractivity contribution >= 4 is 21.6 Å². The number of hydrogen-bond acceptors (Lipinski definition) is 2. The summed E-state index contributed by atoms with van der Waals surface area (Å²) in [7, 11) is 2.13. The zero-order chi connectivity index (χ0) is 12.4. The van der Waals surface area contributed by atoms with E-state index in [-0.39, 0.29) is 5.82 Å². The maximum absolute atomic E-state index is 13.7. The van der Waals surface area contributed by atoms with Gasteiger partial charge in [-0.25, -0.2) is 4.39 Å². The fourth-order valence-electron chi connectivity index (χ4n) is 2.45. The van der Waals surface area contributed by atoms with Crippen LogP contribution in [-0.4, -0.2) is 37.6 Å². The molecular weight excluding hydrogens is 283 g/mol. The maximum Gasteiger partial charge on any atom is 0.129 e. The van der Waals surface area contributed by atoms with Gasteiger partial charge < -0.3 is 9.80 Å². The fourth-order valence-corrected chi connectivity index (χ4v) is 3.00.